The number of carbonyl (C=O) groups is 1. The highest BCUT2D eigenvalue weighted by molar-refractivity contribution is 6.43. The predicted molar refractivity (Wildman–Crippen MR) is 57.3 cm³/mol. The molecule has 0 aromatic rings. The zero-order chi connectivity index (χ0) is 11.1. The molecular formula is C10H17BO4. The Balaban J connectivity index is 2.19. The van der Waals surface area contributed by atoms with Gasteiger partial charge in [-0.25, -0.2) is 0 Å². The summed E-state index contributed by atoms with van der Waals surface area (Å²) in [5, 5.41) is 9.18. The highest BCUT2D eigenvalue weighted by Gasteiger charge is 2.23. The van der Waals surface area contributed by atoms with Gasteiger partial charge in [-0.1, -0.05) is 25.5 Å². The maximum absolute atomic E-state index is 11.3. The minimum absolute atomic E-state index is 0.178. The van der Waals surface area contributed by atoms with Crippen LogP contribution >= 0.6 is 0 Å². The smallest absolute Gasteiger partial charge is 0.458 e. The van der Waals surface area contributed by atoms with Crippen LogP contribution in [-0.4, -0.2) is 30.8 Å². The van der Waals surface area contributed by atoms with E-state index in [2.05, 4.69) is 0 Å². The van der Waals surface area contributed by atoms with Gasteiger partial charge in [-0.15, -0.1) is 0 Å². The minimum Gasteiger partial charge on any atom is -0.466 e. The Morgan fingerprint density at radius 1 is 1.73 bits per heavy atom. The second kappa shape index (κ2) is 6.64. The van der Waals surface area contributed by atoms with Crippen LogP contribution in [0.5, 0.6) is 0 Å². The quantitative estimate of drug-likeness (QED) is 0.321. The van der Waals surface area contributed by atoms with Crippen LogP contribution in [0.15, 0.2) is 12.2 Å². The van der Waals surface area contributed by atoms with Gasteiger partial charge < -0.3 is 14.4 Å². The van der Waals surface area contributed by atoms with Gasteiger partial charge >= 0.3 is 13.1 Å². The highest BCUT2D eigenvalue weighted by atomic mass is 16.5. The van der Waals surface area contributed by atoms with Crippen LogP contribution in [0.25, 0.3) is 0 Å². The predicted octanol–water partition coefficient (Wildman–Crippen LogP) is 1.16. The summed E-state index contributed by atoms with van der Waals surface area (Å²) in [7, 11) is -0.788. The van der Waals surface area contributed by atoms with Crippen LogP contribution in [-0.2, 0) is 14.2 Å². The number of hydrogen-bond donors (Lipinski definition) is 1. The van der Waals surface area contributed by atoms with Crippen LogP contribution in [0.2, 0.25) is 6.32 Å². The molecule has 1 aliphatic heterocycles. The first-order chi connectivity index (χ1) is 7.22. The van der Waals surface area contributed by atoms with Crippen molar-refractivity contribution in [1.82, 2.24) is 0 Å². The SMILES string of the molecule is CCCCOC(=O)C[C@H]1C=CCB(O)O1. The van der Waals surface area contributed by atoms with Gasteiger partial charge in [0.05, 0.1) is 19.1 Å². The van der Waals surface area contributed by atoms with E-state index in [4.69, 9.17) is 9.39 Å². The van der Waals surface area contributed by atoms with Crippen LogP contribution in [0, 0.1) is 0 Å². The second-order valence-electron chi connectivity index (χ2n) is 3.57. The Morgan fingerprint density at radius 3 is 3.20 bits per heavy atom. The molecule has 5 heteroatoms. The fraction of sp³-hybridized carbons (Fsp3) is 0.700. The molecule has 15 heavy (non-hydrogen) atoms. The zero-order valence-electron chi connectivity index (χ0n) is 9.02. The van der Waals surface area contributed by atoms with Crippen LogP contribution in [0.1, 0.15) is 26.2 Å². The van der Waals surface area contributed by atoms with Crippen molar-refractivity contribution in [3.63, 3.8) is 0 Å². The number of allylic oxidation sites excluding steroid dienone is 1. The van der Waals surface area contributed by atoms with Crippen molar-refractivity contribution in [1.29, 1.82) is 0 Å². The first kappa shape index (κ1) is 12.3. The van der Waals surface area contributed by atoms with Gasteiger partial charge in [0.2, 0.25) is 0 Å². The molecule has 0 bridgehead atoms. The van der Waals surface area contributed by atoms with E-state index in [0.29, 0.717) is 12.9 Å². The summed E-state index contributed by atoms with van der Waals surface area (Å²) in [6.07, 6.45) is 5.81. The molecule has 0 aromatic heterocycles. The van der Waals surface area contributed by atoms with E-state index < -0.39 is 7.12 Å². The molecule has 0 fully saturated rings. The van der Waals surface area contributed by atoms with Gasteiger partial charge in [0.15, 0.2) is 0 Å². The largest absolute Gasteiger partial charge is 0.466 e. The number of hydrogen-bond acceptors (Lipinski definition) is 4. The summed E-state index contributed by atoms with van der Waals surface area (Å²) >= 11 is 0. The third kappa shape index (κ3) is 5.00. The Kier molecular flexibility index (Phi) is 5.43. The van der Waals surface area contributed by atoms with E-state index in [1.807, 2.05) is 13.0 Å². The van der Waals surface area contributed by atoms with E-state index in [9.17, 15) is 9.82 Å². The van der Waals surface area contributed by atoms with Crippen molar-refractivity contribution < 1.29 is 19.2 Å². The van der Waals surface area contributed by atoms with Crippen molar-refractivity contribution in [2.45, 2.75) is 38.6 Å². The van der Waals surface area contributed by atoms with Gasteiger partial charge in [0.25, 0.3) is 0 Å². The molecule has 0 aromatic carbocycles. The molecule has 0 spiro atoms. The van der Waals surface area contributed by atoms with Gasteiger partial charge in [0.1, 0.15) is 0 Å². The number of ether oxygens (including phenoxy) is 1. The lowest BCUT2D eigenvalue weighted by Crippen LogP contribution is -2.29. The Hall–Kier alpha value is -0.805. The number of carbonyl (C=O) groups excluding carboxylic acids is 1. The molecule has 0 unspecified atom stereocenters. The summed E-state index contributed by atoms with van der Waals surface area (Å²) in [6, 6.07) is 0. The number of rotatable bonds is 5. The maximum Gasteiger partial charge on any atom is 0.458 e. The Bertz CT molecular complexity index is 229. The molecule has 0 saturated heterocycles. The van der Waals surface area contributed by atoms with E-state index in [1.54, 1.807) is 6.08 Å². The van der Waals surface area contributed by atoms with Gasteiger partial charge in [-0.3, -0.25) is 4.79 Å². The summed E-state index contributed by atoms with van der Waals surface area (Å²) in [6.45, 7) is 2.51. The van der Waals surface area contributed by atoms with Crippen molar-refractivity contribution >= 4 is 13.1 Å². The lowest BCUT2D eigenvalue weighted by molar-refractivity contribution is -0.145. The van der Waals surface area contributed by atoms with E-state index in [1.165, 1.54) is 0 Å². The monoisotopic (exact) mass is 212 g/mol. The molecule has 1 atom stereocenters. The van der Waals surface area contributed by atoms with Gasteiger partial charge in [-0.05, 0) is 6.42 Å². The molecule has 0 amide bonds. The molecular weight excluding hydrogens is 195 g/mol. The Morgan fingerprint density at radius 2 is 2.53 bits per heavy atom. The van der Waals surface area contributed by atoms with Crippen molar-refractivity contribution in [3.05, 3.63) is 12.2 Å². The molecule has 1 N–H and O–H groups in total. The molecule has 0 aliphatic carbocycles. The molecule has 84 valence electrons. The third-order valence-corrected chi connectivity index (χ3v) is 2.15. The van der Waals surface area contributed by atoms with Crippen molar-refractivity contribution in [2.75, 3.05) is 6.61 Å². The number of esters is 1. The summed E-state index contributed by atoms with van der Waals surface area (Å²) in [4.78, 5) is 11.3. The molecule has 0 saturated carbocycles. The Labute approximate surface area is 90.4 Å². The topological polar surface area (TPSA) is 55.8 Å². The lowest BCUT2D eigenvalue weighted by atomic mass is 9.82. The van der Waals surface area contributed by atoms with E-state index in [-0.39, 0.29) is 18.5 Å². The standard InChI is InChI=1S/C10H17BO4/c1-2-3-7-14-10(12)8-9-5-4-6-11(13)15-9/h4-5,9,13H,2-3,6-8H2,1H3/t9-/m1/s1. The molecule has 1 heterocycles. The summed E-state index contributed by atoms with van der Waals surface area (Å²) < 4.78 is 10.1. The van der Waals surface area contributed by atoms with E-state index >= 15 is 0 Å². The minimum atomic E-state index is -0.788. The van der Waals surface area contributed by atoms with E-state index in [0.717, 1.165) is 12.8 Å². The fourth-order valence-corrected chi connectivity index (χ4v) is 1.32. The first-order valence-corrected chi connectivity index (χ1v) is 5.38. The number of unbranched alkanes of at least 4 members (excludes halogenated alkanes) is 1. The average molecular weight is 212 g/mol. The molecule has 1 aliphatic rings. The van der Waals surface area contributed by atoms with Crippen molar-refractivity contribution in [2.24, 2.45) is 0 Å². The van der Waals surface area contributed by atoms with Crippen LogP contribution in [0.3, 0.4) is 0 Å². The van der Waals surface area contributed by atoms with Crippen LogP contribution in [0.4, 0.5) is 0 Å². The van der Waals surface area contributed by atoms with Gasteiger partial charge in [0, 0.05) is 6.32 Å². The van der Waals surface area contributed by atoms with Crippen molar-refractivity contribution in [3.8, 4) is 0 Å². The normalized spacial score (nSPS) is 20.4. The third-order valence-electron chi connectivity index (χ3n) is 2.15. The zero-order valence-corrected chi connectivity index (χ0v) is 9.02. The molecule has 4 nitrogen and oxygen atoms in total. The fourth-order valence-electron chi connectivity index (χ4n) is 1.32. The maximum atomic E-state index is 11.3. The molecule has 1 rings (SSSR count). The first-order valence-electron chi connectivity index (χ1n) is 5.38. The summed E-state index contributed by atoms with van der Waals surface area (Å²) in [5.41, 5.74) is 0. The highest BCUT2D eigenvalue weighted by Crippen LogP contribution is 2.12. The average Bonchev–Trinajstić information content (AvgIpc) is 2.18. The van der Waals surface area contributed by atoms with Gasteiger partial charge in [-0.2, -0.15) is 0 Å². The van der Waals surface area contributed by atoms with Crippen LogP contribution < -0.4 is 0 Å². The lowest BCUT2D eigenvalue weighted by Gasteiger charge is -2.19. The summed E-state index contributed by atoms with van der Waals surface area (Å²) in [5.74, 6) is -0.271. The second-order valence-corrected chi connectivity index (χ2v) is 3.57. The molecule has 0 radical (unpaired) electrons.